The summed E-state index contributed by atoms with van der Waals surface area (Å²) in [4.78, 5) is 2.55. The number of β-amino-alcohol motifs (C(OH)–C–C–N with tert-alkyl or cyclic N) is 1. The van der Waals surface area contributed by atoms with Crippen molar-refractivity contribution in [3.05, 3.63) is 0 Å². The smallest absolute Gasteiger partial charge is 0.0713 e. The van der Waals surface area contributed by atoms with Crippen LogP contribution in [0.1, 0.15) is 26.7 Å². The normalized spacial score (nSPS) is 60.2. The predicted octanol–water partition coefficient (Wildman–Crippen LogP) is 1.10. The quantitative estimate of drug-likeness (QED) is 0.605. The van der Waals surface area contributed by atoms with Crippen LogP contribution in [0.3, 0.4) is 0 Å². The van der Waals surface area contributed by atoms with Crippen molar-refractivity contribution in [3.8, 4) is 0 Å². The molecule has 3 rings (SSSR count). The Balaban J connectivity index is 2.02. The molecule has 13 heavy (non-hydrogen) atoms. The molecule has 2 nitrogen and oxygen atoms in total. The Hall–Kier alpha value is -0.0800. The van der Waals surface area contributed by atoms with Crippen LogP contribution in [0.25, 0.3) is 0 Å². The van der Waals surface area contributed by atoms with E-state index in [0.717, 1.165) is 18.4 Å². The van der Waals surface area contributed by atoms with E-state index >= 15 is 0 Å². The molecule has 3 aliphatic rings. The van der Waals surface area contributed by atoms with Crippen LogP contribution in [0.4, 0.5) is 0 Å². The first-order chi connectivity index (χ1) is 6.14. The van der Waals surface area contributed by atoms with Gasteiger partial charge < -0.3 is 5.11 Å². The van der Waals surface area contributed by atoms with Crippen LogP contribution < -0.4 is 0 Å². The first-order valence-electron chi connectivity index (χ1n) is 5.57. The molecule has 1 aliphatic carbocycles. The van der Waals surface area contributed by atoms with Crippen LogP contribution in [-0.2, 0) is 0 Å². The highest BCUT2D eigenvalue weighted by Crippen LogP contribution is 2.57. The van der Waals surface area contributed by atoms with Crippen LogP contribution in [0.5, 0.6) is 0 Å². The summed E-state index contributed by atoms with van der Waals surface area (Å²) in [7, 11) is 0. The van der Waals surface area contributed by atoms with Gasteiger partial charge in [-0.3, -0.25) is 4.90 Å². The third-order valence-corrected chi connectivity index (χ3v) is 5.04. The van der Waals surface area contributed by atoms with Crippen LogP contribution in [-0.4, -0.2) is 34.7 Å². The van der Waals surface area contributed by atoms with Crippen molar-refractivity contribution < 1.29 is 5.11 Å². The highest BCUT2D eigenvalue weighted by molar-refractivity contribution is 5.15. The van der Waals surface area contributed by atoms with Crippen LogP contribution in [0.15, 0.2) is 0 Å². The summed E-state index contributed by atoms with van der Waals surface area (Å²) in [5.41, 5.74) is 0.360. The van der Waals surface area contributed by atoms with Gasteiger partial charge in [-0.1, -0.05) is 6.92 Å². The Bertz CT molecular complexity index is 220. The van der Waals surface area contributed by atoms with E-state index in [2.05, 4.69) is 18.7 Å². The molecule has 2 heteroatoms. The fourth-order valence-electron chi connectivity index (χ4n) is 4.43. The van der Waals surface area contributed by atoms with E-state index in [1.807, 2.05) is 0 Å². The summed E-state index contributed by atoms with van der Waals surface area (Å²) in [5.74, 6) is 2.28. The molecule has 2 aliphatic heterocycles. The van der Waals surface area contributed by atoms with Gasteiger partial charge in [0, 0.05) is 24.5 Å². The van der Waals surface area contributed by atoms with Crippen molar-refractivity contribution in [2.45, 2.75) is 38.3 Å². The van der Waals surface area contributed by atoms with Crippen molar-refractivity contribution in [2.24, 2.45) is 17.8 Å². The zero-order valence-electron chi connectivity index (χ0n) is 8.53. The minimum atomic E-state index is -0.0394. The molecule has 1 saturated carbocycles. The molecule has 2 saturated heterocycles. The van der Waals surface area contributed by atoms with Gasteiger partial charge in [-0.05, 0) is 31.6 Å². The summed E-state index contributed by atoms with van der Waals surface area (Å²) in [6, 6.07) is 0. The second-order valence-electron chi connectivity index (χ2n) is 5.47. The number of rotatable bonds is 0. The highest BCUT2D eigenvalue weighted by atomic mass is 16.3. The average molecular weight is 181 g/mol. The molecule has 1 N–H and O–H groups in total. The van der Waals surface area contributed by atoms with E-state index in [-0.39, 0.29) is 6.10 Å². The van der Waals surface area contributed by atoms with E-state index in [4.69, 9.17) is 0 Å². The lowest BCUT2D eigenvalue weighted by molar-refractivity contribution is 0.122. The van der Waals surface area contributed by atoms with Gasteiger partial charge in [0.2, 0.25) is 0 Å². The van der Waals surface area contributed by atoms with Crippen LogP contribution in [0.2, 0.25) is 0 Å². The molecule has 0 aromatic carbocycles. The molecule has 5 atom stereocenters. The highest BCUT2D eigenvalue weighted by Gasteiger charge is 2.62. The number of aliphatic hydroxyl groups excluding tert-OH is 1. The van der Waals surface area contributed by atoms with Gasteiger partial charge in [0.1, 0.15) is 0 Å². The largest absolute Gasteiger partial charge is 0.391 e. The molecule has 0 radical (unpaired) electrons. The molecular formula is C11H19NO. The van der Waals surface area contributed by atoms with Crippen molar-refractivity contribution in [1.82, 2.24) is 4.90 Å². The monoisotopic (exact) mass is 181 g/mol. The Morgan fingerprint density at radius 3 is 2.69 bits per heavy atom. The molecule has 74 valence electrons. The van der Waals surface area contributed by atoms with Gasteiger partial charge in [-0.15, -0.1) is 0 Å². The Labute approximate surface area is 79.9 Å². The maximum Gasteiger partial charge on any atom is 0.0713 e. The first-order valence-corrected chi connectivity index (χ1v) is 5.57. The minimum Gasteiger partial charge on any atom is -0.391 e. The summed E-state index contributed by atoms with van der Waals surface area (Å²) < 4.78 is 0. The molecule has 0 bridgehead atoms. The number of hydrogen-bond acceptors (Lipinski definition) is 2. The Kier molecular flexibility index (Phi) is 1.45. The molecule has 0 unspecified atom stereocenters. The van der Waals surface area contributed by atoms with Crippen molar-refractivity contribution in [1.29, 1.82) is 0 Å². The van der Waals surface area contributed by atoms with E-state index in [1.165, 1.54) is 19.4 Å². The molecule has 0 spiro atoms. The fraction of sp³-hybridized carbons (Fsp3) is 1.00. The van der Waals surface area contributed by atoms with E-state index in [9.17, 15) is 5.11 Å². The predicted molar refractivity (Wildman–Crippen MR) is 51.4 cm³/mol. The van der Waals surface area contributed by atoms with Crippen molar-refractivity contribution >= 4 is 0 Å². The zero-order chi connectivity index (χ0) is 9.22. The second-order valence-corrected chi connectivity index (χ2v) is 5.47. The first kappa shape index (κ1) is 8.25. The second kappa shape index (κ2) is 2.29. The summed E-state index contributed by atoms with van der Waals surface area (Å²) in [6.07, 6.45) is 2.56. The molecule has 3 fully saturated rings. The molecule has 0 aromatic rings. The molecule has 2 heterocycles. The Morgan fingerprint density at radius 2 is 1.92 bits per heavy atom. The Morgan fingerprint density at radius 1 is 1.23 bits per heavy atom. The number of aliphatic hydroxyl groups is 1. The third kappa shape index (κ3) is 0.774. The maximum atomic E-state index is 9.93. The lowest BCUT2D eigenvalue weighted by Crippen LogP contribution is -2.41. The van der Waals surface area contributed by atoms with Crippen LogP contribution >= 0.6 is 0 Å². The molecule has 0 aromatic heterocycles. The fourth-order valence-corrected chi connectivity index (χ4v) is 4.43. The summed E-state index contributed by atoms with van der Waals surface area (Å²) in [6.45, 7) is 6.91. The lowest BCUT2D eigenvalue weighted by Gasteiger charge is -2.32. The van der Waals surface area contributed by atoms with E-state index < -0.39 is 0 Å². The van der Waals surface area contributed by atoms with Crippen molar-refractivity contribution in [3.63, 3.8) is 0 Å². The molecule has 0 amide bonds. The average Bonchev–Trinajstić information content (AvgIpc) is 2.58. The third-order valence-electron chi connectivity index (χ3n) is 5.04. The number of nitrogens with zero attached hydrogens (tertiary/aromatic N) is 1. The molecular weight excluding hydrogens is 162 g/mol. The van der Waals surface area contributed by atoms with Crippen LogP contribution in [0, 0.1) is 17.8 Å². The lowest BCUT2D eigenvalue weighted by atomic mass is 9.80. The maximum absolute atomic E-state index is 9.93. The summed E-state index contributed by atoms with van der Waals surface area (Å²) in [5, 5.41) is 9.93. The zero-order valence-corrected chi connectivity index (χ0v) is 8.53. The van der Waals surface area contributed by atoms with Gasteiger partial charge in [0.05, 0.1) is 6.10 Å². The van der Waals surface area contributed by atoms with Gasteiger partial charge in [0.15, 0.2) is 0 Å². The van der Waals surface area contributed by atoms with Gasteiger partial charge >= 0.3 is 0 Å². The van der Waals surface area contributed by atoms with E-state index in [0.29, 0.717) is 11.5 Å². The SMILES string of the molecule is C[C@@H]1CN2C[C@@H](O)[C@H]3CC[C@@H]1[C@]32C. The van der Waals surface area contributed by atoms with Gasteiger partial charge in [-0.2, -0.15) is 0 Å². The van der Waals surface area contributed by atoms with Gasteiger partial charge in [-0.25, -0.2) is 0 Å². The van der Waals surface area contributed by atoms with Gasteiger partial charge in [0.25, 0.3) is 0 Å². The summed E-state index contributed by atoms with van der Waals surface area (Å²) >= 11 is 0. The minimum absolute atomic E-state index is 0.0394. The van der Waals surface area contributed by atoms with E-state index in [1.54, 1.807) is 0 Å². The van der Waals surface area contributed by atoms with Crippen molar-refractivity contribution in [2.75, 3.05) is 13.1 Å². The topological polar surface area (TPSA) is 23.5 Å². The standard InChI is InChI=1S/C11H19NO/c1-7-5-12-6-10(13)9-4-3-8(7)11(9,12)2/h7-10,13H,3-6H2,1-2H3/t7-,8+,9-,10-,11-/m1/s1. The number of hydrogen-bond donors (Lipinski definition) is 1.